The Bertz CT molecular complexity index is 1490. The first-order valence-electron chi connectivity index (χ1n) is 13.0. The van der Waals surface area contributed by atoms with E-state index in [1.165, 1.54) is 52.1 Å². The average molecular weight is 503 g/mol. The van der Waals surface area contributed by atoms with Crippen molar-refractivity contribution in [1.29, 1.82) is 0 Å². The number of benzene rings is 3. The first-order valence-corrected chi connectivity index (χ1v) is 13.0. The van der Waals surface area contributed by atoms with E-state index in [1.54, 1.807) is 12.1 Å². The van der Waals surface area contributed by atoms with Gasteiger partial charge in [-0.1, -0.05) is 12.1 Å². The number of rotatable bonds is 6. The van der Waals surface area contributed by atoms with E-state index in [0.717, 1.165) is 48.0 Å². The third-order valence-electron chi connectivity index (χ3n) is 7.78. The summed E-state index contributed by atoms with van der Waals surface area (Å²) in [4.78, 5) is 0. The van der Waals surface area contributed by atoms with E-state index in [4.69, 9.17) is 7.49 Å². The second-order valence-electron chi connectivity index (χ2n) is 10.2. The molecule has 2 aliphatic carbocycles. The Morgan fingerprint density at radius 3 is 1.97 bits per heavy atom. The van der Waals surface area contributed by atoms with Crippen LogP contribution in [0.1, 0.15) is 48.9 Å². The van der Waals surface area contributed by atoms with Gasteiger partial charge in [0.1, 0.15) is 5.82 Å². The van der Waals surface area contributed by atoms with Crippen molar-refractivity contribution >= 4 is 18.7 Å². The second kappa shape index (κ2) is 10.9. The molecule has 0 fully saturated rings. The van der Waals surface area contributed by atoms with Crippen LogP contribution in [0.3, 0.4) is 0 Å². The van der Waals surface area contributed by atoms with Crippen LogP contribution in [-0.4, -0.2) is 18.2 Å². The molecule has 3 aromatic carbocycles. The molecule has 1 atom stereocenters. The van der Waals surface area contributed by atoms with E-state index >= 15 is 0 Å². The normalized spacial score (nSPS) is 17.5. The number of allylic oxidation sites excluding steroid dienone is 6. The SMILES string of the molecule is [B]=C(O)C1=CC(c2ccc(F)cc2)=CCCC2=C(C)C(Cc3ccc(Cc4ccc(F)cc4)cc3)C(C)=C12. The quantitative estimate of drug-likeness (QED) is 0.340. The maximum absolute atomic E-state index is 13.5. The summed E-state index contributed by atoms with van der Waals surface area (Å²) >= 11 is 0. The Hall–Kier alpha value is -3.79. The van der Waals surface area contributed by atoms with Gasteiger partial charge in [-0.15, -0.1) is 0 Å². The van der Waals surface area contributed by atoms with Gasteiger partial charge in [0.05, 0.1) is 0 Å². The van der Waals surface area contributed by atoms with E-state index in [2.05, 4.69) is 44.2 Å². The molecule has 1 nitrogen and oxygen atoms in total. The van der Waals surface area contributed by atoms with Crippen LogP contribution >= 0.6 is 0 Å². The van der Waals surface area contributed by atoms with Gasteiger partial charge in [-0.3, -0.25) is 0 Å². The summed E-state index contributed by atoms with van der Waals surface area (Å²) < 4.78 is 26.7. The van der Waals surface area contributed by atoms with Crippen molar-refractivity contribution in [2.45, 2.75) is 39.5 Å². The van der Waals surface area contributed by atoms with E-state index in [-0.39, 0.29) is 23.2 Å². The number of halogens is 2. The molecular weight excluding hydrogens is 473 g/mol. The zero-order valence-electron chi connectivity index (χ0n) is 21.8. The maximum atomic E-state index is 13.5. The van der Waals surface area contributed by atoms with Crippen LogP contribution in [0.2, 0.25) is 0 Å². The Morgan fingerprint density at radius 2 is 1.37 bits per heavy atom. The van der Waals surface area contributed by atoms with E-state index in [9.17, 15) is 13.9 Å². The molecule has 1 unspecified atom stereocenters. The van der Waals surface area contributed by atoms with Crippen molar-refractivity contribution < 1.29 is 13.9 Å². The van der Waals surface area contributed by atoms with Crippen molar-refractivity contribution in [3.05, 3.63) is 147 Å². The third-order valence-corrected chi connectivity index (χ3v) is 7.78. The van der Waals surface area contributed by atoms with Gasteiger partial charge in [0, 0.05) is 0 Å². The molecule has 1 radical (unpaired) electrons. The first-order chi connectivity index (χ1) is 18.3. The Kier molecular flexibility index (Phi) is 7.42. The zero-order valence-corrected chi connectivity index (χ0v) is 21.8. The Labute approximate surface area is 224 Å². The molecule has 0 aliphatic heterocycles. The summed E-state index contributed by atoms with van der Waals surface area (Å²) in [6, 6.07) is 21.7. The van der Waals surface area contributed by atoms with Crippen LogP contribution < -0.4 is 0 Å². The molecular formula is C34H30BF2O. The fraction of sp³-hybridized carbons (Fsp3) is 0.206. The Balaban J connectivity index is 1.42. The summed E-state index contributed by atoms with van der Waals surface area (Å²) in [7, 11) is 6.04. The van der Waals surface area contributed by atoms with E-state index in [1.807, 2.05) is 18.2 Å². The molecule has 38 heavy (non-hydrogen) atoms. The molecule has 5 rings (SSSR count). The zero-order chi connectivity index (χ0) is 26.8. The van der Waals surface area contributed by atoms with E-state index in [0.29, 0.717) is 5.57 Å². The summed E-state index contributed by atoms with van der Waals surface area (Å²) in [5.74, 6) is -0.278. The fourth-order valence-electron chi connectivity index (χ4n) is 5.72. The van der Waals surface area contributed by atoms with Crippen molar-refractivity contribution in [1.82, 2.24) is 0 Å². The monoisotopic (exact) mass is 503 g/mol. The summed E-state index contributed by atoms with van der Waals surface area (Å²) in [6.45, 7) is 4.33. The predicted octanol–water partition coefficient (Wildman–Crippen LogP) is 7.84. The molecule has 0 amide bonds. The van der Waals surface area contributed by atoms with Gasteiger partial charge < -0.3 is 0 Å². The van der Waals surface area contributed by atoms with Gasteiger partial charge in [-0.25, -0.2) is 4.39 Å². The van der Waals surface area contributed by atoms with Crippen LogP contribution in [-0.2, 0) is 12.8 Å². The molecule has 3 aromatic rings. The first kappa shape index (κ1) is 25.8. The molecule has 0 bridgehead atoms. The minimum absolute atomic E-state index is 0.203. The molecule has 0 saturated heterocycles. The average Bonchev–Trinajstić information content (AvgIpc) is 3.10. The molecule has 189 valence electrons. The predicted molar refractivity (Wildman–Crippen MR) is 153 cm³/mol. The van der Waals surface area contributed by atoms with Gasteiger partial charge in [-0.05, 0) is 12.1 Å². The van der Waals surface area contributed by atoms with Crippen molar-refractivity contribution in [2.24, 2.45) is 5.92 Å². The number of hydrogen-bond donors (Lipinski definition) is 1. The molecule has 0 aromatic heterocycles. The van der Waals surface area contributed by atoms with Crippen LogP contribution in [0.5, 0.6) is 0 Å². The molecule has 0 heterocycles. The molecule has 0 saturated carbocycles. The minimum atomic E-state index is -0.279. The van der Waals surface area contributed by atoms with Gasteiger partial charge in [0.15, 0.2) is 0 Å². The van der Waals surface area contributed by atoms with Crippen LogP contribution in [0.15, 0.2) is 113 Å². The molecule has 0 spiro atoms. The molecule has 4 heteroatoms. The molecule has 2 aliphatic rings. The molecule has 1 N–H and O–H groups in total. The van der Waals surface area contributed by atoms with Crippen LogP contribution in [0, 0.1) is 17.6 Å². The van der Waals surface area contributed by atoms with Crippen LogP contribution in [0.4, 0.5) is 8.78 Å². The number of aliphatic hydroxyl groups is 1. The fourth-order valence-corrected chi connectivity index (χ4v) is 5.72. The van der Waals surface area contributed by atoms with Crippen LogP contribution in [0.25, 0.3) is 5.57 Å². The summed E-state index contributed by atoms with van der Waals surface area (Å²) in [5.41, 5.74) is 10.6. The number of hydrogen-bond acceptors (Lipinski definition) is 1. The third kappa shape index (κ3) is 5.40. The topological polar surface area (TPSA) is 20.2 Å². The summed E-state index contributed by atoms with van der Waals surface area (Å²) in [6.07, 6.45) is 7.38. The van der Waals surface area contributed by atoms with E-state index < -0.39 is 0 Å². The van der Waals surface area contributed by atoms with Gasteiger partial charge >= 0.3 is 190 Å². The Morgan fingerprint density at radius 1 is 0.816 bits per heavy atom. The summed E-state index contributed by atoms with van der Waals surface area (Å²) in [5, 5.41) is 10.6. The van der Waals surface area contributed by atoms with Gasteiger partial charge in [0.25, 0.3) is 0 Å². The standard InChI is InChI=1S/C34H30BF2O/c1-21-30-5-3-4-27(26-12-16-29(37)17-13-26)20-32(34(35)38)33(30)22(2)31(21)19-25-8-6-23(7-9-25)18-24-10-14-28(36)15-11-24/h4,6-17,20,31,38H,3,5,18-19H2,1-2H3. The number of fused-ring (bicyclic) bond motifs is 1. The second-order valence-corrected chi connectivity index (χ2v) is 10.2. The van der Waals surface area contributed by atoms with Crippen molar-refractivity contribution in [2.75, 3.05) is 0 Å². The number of aliphatic hydroxyl groups excluding tert-OH is 1. The van der Waals surface area contributed by atoms with Crippen molar-refractivity contribution in [3.63, 3.8) is 0 Å². The van der Waals surface area contributed by atoms with Gasteiger partial charge in [-0.2, -0.15) is 0 Å². The van der Waals surface area contributed by atoms with Gasteiger partial charge in [0.2, 0.25) is 0 Å². The van der Waals surface area contributed by atoms with Crippen molar-refractivity contribution in [3.8, 4) is 0 Å².